The molecular weight excluding hydrogens is 181 g/mol. The van der Waals surface area contributed by atoms with Gasteiger partial charge in [0.1, 0.15) is 6.17 Å². The van der Waals surface area contributed by atoms with Gasteiger partial charge in [0, 0.05) is 26.1 Å². The number of piperidine rings is 1. The molecule has 0 aromatic heterocycles. The van der Waals surface area contributed by atoms with Crippen molar-refractivity contribution in [3.05, 3.63) is 0 Å². The summed E-state index contributed by atoms with van der Waals surface area (Å²) in [5.41, 5.74) is -0.00707. The minimum absolute atomic E-state index is 0.00707. The molecule has 0 aliphatic carbocycles. The number of rotatable bonds is 1. The van der Waals surface area contributed by atoms with Crippen LogP contribution in [0.2, 0.25) is 0 Å². The van der Waals surface area contributed by atoms with Crippen LogP contribution >= 0.6 is 0 Å². The summed E-state index contributed by atoms with van der Waals surface area (Å²) in [7, 11) is 3.64. The Balaban J connectivity index is 2.70. The highest BCUT2D eigenvalue weighted by molar-refractivity contribution is 4.94. The Morgan fingerprint density at radius 3 is 2.29 bits per heavy atom. The monoisotopic (exact) mass is 203 g/mol. The molecule has 1 heterocycles. The quantitative estimate of drug-likeness (QED) is 0.647. The molecule has 1 aliphatic rings. The maximum Gasteiger partial charge on any atom is 0.119 e. The Labute approximate surface area is 86.4 Å². The molecule has 0 bridgehead atoms. The van der Waals surface area contributed by atoms with Crippen molar-refractivity contribution in [3.8, 4) is 0 Å². The second-order valence-electron chi connectivity index (χ2n) is 5.36. The number of methoxy groups -OCH3 is 1. The van der Waals surface area contributed by atoms with Crippen LogP contribution in [0.5, 0.6) is 0 Å². The van der Waals surface area contributed by atoms with E-state index in [1.807, 2.05) is 7.05 Å². The molecular formula is C11H22FNO. The minimum atomic E-state index is -0.779. The van der Waals surface area contributed by atoms with E-state index in [1.165, 1.54) is 0 Å². The van der Waals surface area contributed by atoms with Gasteiger partial charge in [0.15, 0.2) is 0 Å². The lowest BCUT2D eigenvalue weighted by atomic mass is 9.79. The molecule has 0 N–H and O–H groups in total. The van der Waals surface area contributed by atoms with Crippen molar-refractivity contribution in [2.75, 3.05) is 20.7 Å². The van der Waals surface area contributed by atoms with Gasteiger partial charge < -0.3 is 4.74 Å². The second kappa shape index (κ2) is 4.15. The van der Waals surface area contributed by atoms with Crippen molar-refractivity contribution in [3.63, 3.8) is 0 Å². The lowest BCUT2D eigenvalue weighted by Gasteiger charge is -2.45. The van der Waals surface area contributed by atoms with Gasteiger partial charge in [0.25, 0.3) is 0 Å². The molecule has 0 amide bonds. The lowest BCUT2D eigenvalue weighted by Crippen LogP contribution is -2.55. The molecule has 3 heteroatoms. The van der Waals surface area contributed by atoms with Crippen LogP contribution in [0, 0.1) is 5.41 Å². The number of ether oxygens (including phenoxy) is 1. The third kappa shape index (κ3) is 2.45. The summed E-state index contributed by atoms with van der Waals surface area (Å²) in [5, 5.41) is 0. The third-order valence-electron chi connectivity index (χ3n) is 3.02. The first-order valence-corrected chi connectivity index (χ1v) is 5.23. The molecule has 2 nitrogen and oxygen atoms in total. The zero-order chi connectivity index (χ0) is 10.9. The van der Waals surface area contributed by atoms with Crippen molar-refractivity contribution >= 4 is 0 Å². The molecule has 1 rings (SSSR count). The van der Waals surface area contributed by atoms with E-state index >= 15 is 0 Å². The molecule has 14 heavy (non-hydrogen) atoms. The van der Waals surface area contributed by atoms with Crippen LogP contribution < -0.4 is 0 Å². The molecule has 0 spiro atoms. The Bertz CT molecular complexity index is 178. The highest BCUT2D eigenvalue weighted by Crippen LogP contribution is 2.33. The first-order valence-electron chi connectivity index (χ1n) is 5.23. The standard InChI is InChI=1S/C11H22FNO/c1-11(2,3)10-9(12)6-8(14-5)7-13(10)4/h8-10H,6-7H2,1-5H3. The average molecular weight is 203 g/mol. The van der Waals surface area contributed by atoms with Crippen molar-refractivity contribution in [1.82, 2.24) is 4.90 Å². The fraction of sp³-hybridized carbons (Fsp3) is 1.00. The van der Waals surface area contributed by atoms with E-state index in [0.717, 1.165) is 6.54 Å². The third-order valence-corrected chi connectivity index (χ3v) is 3.02. The van der Waals surface area contributed by atoms with Gasteiger partial charge >= 0.3 is 0 Å². The van der Waals surface area contributed by atoms with Crippen molar-refractivity contribution in [2.45, 2.75) is 45.5 Å². The van der Waals surface area contributed by atoms with E-state index in [2.05, 4.69) is 25.7 Å². The zero-order valence-electron chi connectivity index (χ0n) is 9.88. The fourth-order valence-corrected chi connectivity index (χ4v) is 2.54. The number of hydrogen-bond acceptors (Lipinski definition) is 2. The number of alkyl halides is 1. The molecule has 1 fully saturated rings. The normalized spacial score (nSPS) is 36.0. The smallest absolute Gasteiger partial charge is 0.119 e. The molecule has 0 aromatic carbocycles. The van der Waals surface area contributed by atoms with Crippen LogP contribution in [-0.4, -0.2) is 43.9 Å². The van der Waals surface area contributed by atoms with E-state index in [9.17, 15) is 4.39 Å². The summed E-state index contributed by atoms with van der Waals surface area (Å²) >= 11 is 0. The molecule has 84 valence electrons. The largest absolute Gasteiger partial charge is 0.380 e. The average Bonchev–Trinajstić information content (AvgIpc) is 1.99. The maximum absolute atomic E-state index is 13.9. The Morgan fingerprint density at radius 2 is 1.93 bits per heavy atom. The minimum Gasteiger partial charge on any atom is -0.380 e. The number of likely N-dealkylation sites (tertiary alicyclic amines) is 1. The topological polar surface area (TPSA) is 12.5 Å². The SMILES string of the molecule is COC1CC(F)C(C(C)(C)C)N(C)C1. The summed E-state index contributed by atoms with van der Waals surface area (Å²) in [4.78, 5) is 2.09. The highest BCUT2D eigenvalue weighted by Gasteiger charge is 2.41. The fourth-order valence-electron chi connectivity index (χ4n) is 2.54. The molecule has 3 atom stereocenters. The Kier molecular flexibility index (Phi) is 3.53. The Hall–Kier alpha value is -0.150. The molecule has 1 saturated heterocycles. The van der Waals surface area contributed by atoms with Crippen LogP contribution in [-0.2, 0) is 4.74 Å². The van der Waals surface area contributed by atoms with E-state index in [4.69, 9.17) is 4.74 Å². The van der Waals surface area contributed by atoms with Gasteiger partial charge in [-0.2, -0.15) is 0 Å². The first-order chi connectivity index (χ1) is 6.36. The predicted octanol–water partition coefficient (Wildman–Crippen LogP) is 2.09. The number of likely N-dealkylation sites (N-methyl/N-ethyl adjacent to an activating group) is 1. The van der Waals surface area contributed by atoms with Gasteiger partial charge in [0.2, 0.25) is 0 Å². The van der Waals surface area contributed by atoms with E-state index < -0.39 is 6.17 Å². The summed E-state index contributed by atoms with van der Waals surface area (Å²) in [6.07, 6.45) is -0.199. The second-order valence-corrected chi connectivity index (χ2v) is 5.36. The molecule has 0 radical (unpaired) electrons. The maximum atomic E-state index is 13.9. The molecule has 0 aromatic rings. The van der Waals surface area contributed by atoms with Gasteiger partial charge in [-0.05, 0) is 12.5 Å². The van der Waals surface area contributed by atoms with Gasteiger partial charge in [-0.1, -0.05) is 20.8 Å². The Morgan fingerprint density at radius 1 is 1.36 bits per heavy atom. The lowest BCUT2D eigenvalue weighted by molar-refractivity contribution is -0.0567. The summed E-state index contributed by atoms with van der Waals surface area (Å²) in [5.74, 6) is 0. The molecule has 3 unspecified atom stereocenters. The van der Waals surface area contributed by atoms with E-state index in [1.54, 1.807) is 7.11 Å². The van der Waals surface area contributed by atoms with Crippen molar-refractivity contribution in [1.29, 1.82) is 0 Å². The number of halogens is 1. The van der Waals surface area contributed by atoms with Crippen molar-refractivity contribution in [2.24, 2.45) is 5.41 Å². The molecule has 1 aliphatic heterocycles. The zero-order valence-corrected chi connectivity index (χ0v) is 9.88. The summed E-state index contributed by atoms with van der Waals surface area (Å²) in [6.45, 7) is 7.11. The van der Waals surface area contributed by atoms with Crippen LogP contribution in [0.4, 0.5) is 4.39 Å². The molecule has 0 saturated carbocycles. The van der Waals surface area contributed by atoms with Gasteiger partial charge in [-0.15, -0.1) is 0 Å². The predicted molar refractivity (Wildman–Crippen MR) is 56.2 cm³/mol. The van der Waals surface area contributed by atoms with Gasteiger partial charge in [-0.25, -0.2) is 4.39 Å². The van der Waals surface area contributed by atoms with E-state index in [-0.39, 0.29) is 17.6 Å². The van der Waals surface area contributed by atoms with Gasteiger partial charge in [-0.3, -0.25) is 4.90 Å². The van der Waals surface area contributed by atoms with Crippen LogP contribution in [0.15, 0.2) is 0 Å². The summed E-state index contributed by atoms with van der Waals surface area (Å²) < 4.78 is 19.1. The first kappa shape index (κ1) is 11.9. The van der Waals surface area contributed by atoms with Crippen molar-refractivity contribution < 1.29 is 9.13 Å². The van der Waals surface area contributed by atoms with Crippen LogP contribution in [0.1, 0.15) is 27.2 Å². The number of nitrogens with zero attached hydrogens (tertiary/aromatic N) is 1. The summed E-state index contributed by atoms with van der Waals surface area (Å²) in [6, 6.07) is 0.00824. The van der Waals surface area contributed by atoms with Gasteiger partial charge in [0.05, 0.1) is 6.10 Å². The number of hydrogen-bond donors (Lipinski definition) is 0. The van der Waals surface area contributed by atoms with Crippen LogP contribution in [0.25, 0.3) is 0 Å². The van der Waals surface area contributed by atoms with Crippen LogP contribution in [0.3, 0.4) is 0 Å². The highest BCUT2D eigenvalue weighted by atomic mass is 19.1. The van der Waals surface area contributed by atoms with E-state index in [0.29, 0.717) is 6.42 Å².